The van der Waals surface area contributed by atoms with Gasteiger partial charge in [-0.25, -0.2) is 0 Å². The Morgan fingerprint density at radius 1 is 1.46 bits per heavy atom. The average molecular weight is 218 g/mol. The van der Waals surface area contributed by atoms with Crippen molar-refractivity contribution in [3.63, 3.8) is 0 Å². The van der Waals surface area contributed by atoms with Crippen LogP contribution in [0.25, 0.3) is 0 Å². The van der Waals surface area contributed by atoms with Gasteiger partial charge in [-0.1, -0.05) is 35.3 Å². The fourth-order valence-corrected chi connectivity index (χ4v) is 1.48. The van der Waals surface area contributed by atoms with Gasteiger partial charge < -0.3 is 5.73 Å². The summed E-state index contributed by atoms with van der Waals surface area (Å²) in [5, 5.41) is 0.836. The van der Waals surface area contributed by atoms with Crippen molar-refractivity contribution in [2.45, 2.75) is 12.8 Å². The smallest absolute Gasteiger partial charge is 0.224 e. The summed E-state index contributed by atoms with van der Waals surface area (Å²) in [5.74, 6) is -0.824. The van der Waals surface area contributed by atoms with Crippen LogP contribution < -0.4 is 5.73 Å². The minimum Gasteiger partial charge on any atom is -0.369 e. The van der Waals surface area contributed by atoms with Crippen molar-refractivity contribution in [2.75, 3.05) is 0 Å². The number of rotatable bonds is 2. The molecule has 0 fully saturated rings. The van der Waals surface area contributed by atoms with Crippen LogP contribution in [0.1, 0.15) is 18.4 Å². The Bertz CT molecular complexity index is 338. The number of carbonyl (C=O) groups is 1. The van der Waals surface area contributed by atoms with Gasteiger partial charge in [-0.15, -0.1) is 0 Å². The first-order chi connectivity index (χ1) is 6.04. The highest BCUT2D eigenvalue weighted by Crippen LogP contribution is 2.30. The normalized spacial score (nSPS) is 12.5. The zero-order chi connectivity index (χ0) is 10.0. The number of carbonyl (C=O) groups excluding carboxylic acids is 1. The molecule has 0 saturated heterocycles. The third kappa shape index (κ3) is 2.14. The van der Waals surface area contributed by atoms with Crippen LogP contribution in [0.15, 0.2) is 18.2 Å². The van der Waals surface area contributed by atoms with Gasteiger partial charge in [0.25, 0.3) is 0 Å². The van der Waals surface area contributed by atoms with Crippen molar-refractivity contribution >= 4 is 29.1 Å². The summed E-state index contributed by atoms with van der Waals surface area (Å²) < 4.78 is 0. The standard InChI is InChI=1S/C9H9Cl2NO/c1-5(9(12)13)6-3-2-4-7(10)8(6)11/h2-5H,1H3,(H2,12,13). The summed E-state index contributed by atoms with van der Waals surface area (Å²) in [6.07, 6.45) is 0. The molecule has 0 aliphatic carbocycles. The Morgan fingerprint density at radius 2 is 2.08 bits per heavy atom. The van der Waals surface area contributed by atoms with Crippen molar-refractivity contribution < 1.29 is 4.79 Å². The minimum atomic E-state index is -0.413. The molecule has 2 nitrogen and oxygen atoms in total. The number of halogens is 2. The highest BCUT2D eigenvalue weighted by Gasteiger charge is 2.15. The lowest BCUT2D eigenvalue weighted by Crippen LogP contribution is -2.18. The largest absolute Gasteiger partial charge is 0.369 e. The third-order valence-corrected chi connectivity index (χ3v) is 2.71. The fraction of sp³-hybridized carbons (Fsp3) is 0.222. The van der Waals surface area contributed by atoms with E-state index in [4.69, 9.17) is 28.9 Å². The zero-order valence-electron chi connectivity index (χ0n) is 7.05. The van der Waals surface area contributed by atoms with Crippen LogP contribution in [-0.2, 0) is 4.79 Å². The summed E-state index contributed by atoms with van der Waals surface area (Å²) in [4.78, 5) is 10.9. The van der Waals surface area contributed by atoms with E-state index >= 15 is 0 Å². The highest BCUT2D eigenvalue weighted by molar-refractivity contribution is 6.42. The lowest BCUT2D eigenvalue weighted by molar-refractivity contribution is -0.119. The number of benzene rings is 1. The van der Waals surface area contributed by atoms with Crippen molar-refractivity contribution in [3.8, 4) is 0 Å². The van der Waals surface area contributed by atoms with Gasteiger partial charge in [0, 0.05) is 0 Å². The van der Waals surface area contributed by atoms with E-state index in [1.54, 1.807) is 25.1 Å². The van der Waals surface area contributed by atoms with E-state index in [0.717, 1.165) is 0 Å². The van der Waals surface area contributed by atoms with Gasteiger partial charge >= 0.3 is 0 Å². The Morgan fingerprint density at radius 3 is 2.62 bits per heavy atom. The minimum absolute atomic E-state index is 0.399. The van der Waals surface area contributed by atoms with Crippen LogP contribution in [0.5, 0.6) is 0 Å². The summed E-state index contributed by atoms with van der Waals surface area (Å²) >= 11 is 11.7. The second kappa shape index (κ2) is 3.99. The zero-order valence-corrected chi connectivity index (χ0v) is 8.56. The van der Waals surface area contributed by atoms with Gasteiger partial charge in [-0.05, 0) is 18.6 Å². The molecule has 0 radical (unpaired) electrons. The maximum absolute atomic E-state index is 10.9. The van der Waals surface area contributed by atoms with Crippen molar-refractivity contribution in [2.24, 2.45) is 5.73 Å². The van der Waals surface area contributed by atoms with E-state index in [0.29, 0.717) is 15.6 Å². The number of amides is 1. The predicted octanol–water partition coefficient (Wildman–Crippen LogP) is 2.58. The molecule has 0 heterocycles. The molecule has 0 aliphatic rings. The molecule has 0 aromatic heterocycles. The molecule has 1 atom stereocenters. The first-order valence-corrected chi connectivity index (χ1v) is 4.53. The van der Waals surface area contributed by atoms with E-state index in [-0.39, 0.29) is 0 Å². The van der Waals surface area contributed by atoms with Crippen molar-refractivity contribution in [1.29, 1.82) is 0 Å². The molecule has 1 aromatic carbocycles. The summed E-state index contributed by atoms with van der Waals surface area (Å²) in [5.41, 5.74) is 5.81. The predicted molar refractivity (Wildman–Crippen MR) is 54.1 cm³/mol. The van der Waals surface area contributed by atoms with Gasteiger partial charge in [0.2, 0.25) is 5.91 Å². The number of primary amides is 1. The maximum Gasteiger partial charge on any atom is 0.224 e. The SMILES string of the molecule is CC(C(N)=O)c1cccc(Cl)c1Cl. The van der Waals surface area contributed by atoms with Crippen molar-refractivity contribution in [1.82, 2.24) is 0 Å². The van der Waals surface area contributed by atoms with Gasteiger partial charge in [0.1, 0.15) is 0 Å². The number of hydrogen-bond donors (Lipinski definition) is 1. The molecule has 1 aromatic rings. The first kappa shape index (κ1) is 10.4. The van der Waals surface area contributed by atoms with Crippen LogP contribution >= 0.6 is 23.2 Å². The van der Waals surface area contributed by atoms with E-state index in [2.05, 4.69) is 0 Å². The van der Waals surface area contributed by atoms with Crippen LogP contribution in [0, 0.1) is 0 Å². The lowest BCUT2D eigenvalue weighted by Gasteiger charge is -2.10. The molecule has 13 heavy (non-hydrogen) atoms. The first-order valence-electron chi connectivity index (χ1n) is 3.77. The molecule has 0 bridgehead atoms. The van der Waals surface area contributed by atoms with Gasteiger partial charge in [0.15, 0.2) is 0 Å². The summed E-state index contributed by atoms with van der Waals surface area (Å²) in [6, 6.07) is 5.15. The molecule has 2 N–H and O–H groups in total. The molecule has 4 heteroatoms. The van der Waals surface area contributed by atoms with Crippen LogP contribution in [0.4, 0.5) is 0 Å². The Kier molecular flexibility index (Phi) is 3.17. The molecule has 0 spiro atoms. The van der Waals surface area contributed by atoms with Gasteiger partial charge in [-0.3, -0.25) is 4.79 Å². The van der Waals surface area contributed by atoms with E-state index in [9.17, 15) is 4.79 Å². The lowest BCUT2D eigenvalue weighted by atomic mass is 10.0. The van der Waals surface area contributed by atoms with Crippen LogP contribution in [0.2, 0.25) is 10.0 Å². The number of nitrogens with two attached hydrogens (primary N) is 1. The monoisotopic (exact) mass is 217 g/mol. The molecule has 1 rings (SSSR count). The molecule has 70 valence electrons. The Hall–Kier alpha value is -0.730. The molecule has 1 amide bonds. The third-order valence-electron chi connectivity index (χ3n) is 1.87. The fourth-order valence-electron chi connectivity index (χ4n) is 1.01. The van der Waals surface area contributed by atoms with Gasteiger partial charge in [0.05, 0.1) is 16.0 Å². The average Bonchev–Trinajstić information content (AvgIpc) is 2.08. The quantitative estimate of drug-likeness (QED) is 0.814. The molecule has 0 saturated carbocycles. The van der Waals surface area contributed by atoms with Gasteiger partial charge in [-0.2, -0.15) is 0 Å². The molecular weight excluding hydrogens is 209 g/mol. The second-order valence-corrected chi connectivity index (χ2v) is 3.55. The molecule has 1 unspecified atom stereocenters. The topological polar surface area (TPSA) is 43.1 Å². The summed E-state index contributed by atoms with van der Waals surface area (Å²) in [6.45, 7) is 1.69. The van der Waals surface area contributed by atoms with E-state index in [1.165, 1.54) is 0 Å². The second-order valence-electron chi connectivity index (χ2n) is 2.77. The van der Waals surface area contributed by atoms with E-state index in [1.807, 2.05) is 0 Å². The van der Waals surface area contributed by atoms with E-state index < -0.39 is 11.8 Å². The summed E-state index contributed by atoms with van der Waals surface area (Å²) in [7, 11) is 0. The molecule has 0 aliphatic heterocycles. The number of hydrogen-bond acceptors (Lipinski definition) is 1. The van der Waals surface area contributed by atoms with Crippen LogP contribution in [-0.4, -0.2) is 5.91 Å². The highest BCUT2D eigenvalue weighted by atomic mass is 35.5. The Balaban J connectivity index is 3.15. The Labute approximate surface area is 86.6 Å². The van der Waals surface area contributed by atoms with Crippen LogP contribution in [0.3, 0.4) is 0 Å². The maximum atomic E-state index is 10.9. The molecular formula is C9H9Cl2NO. The van der Waals surface area contributed by atoms with Crippen molar-refractivity contribution in [3.05, 3.63) is 33.8 Å².